The summed E-state index contributed by atoms with van der Waals surface area (Å²) >= 11 is 0. The first kappa shape index (κ1) is 14.6. The van der Waals surface area contributed by atoms with Crippen LogP contribution in [0.4, 0.5) is 0 Å². The molecule has 0 atom stereocenters. The lowest BCUT2D eigenvalue weighted by molar-refractivity contribution is -0.140. The van der Waals surface area contributed by atoms with E-state index in [-0.39, 0.29) is 18.3 Å². The lowest BCUT2D eigenvalue weighted by atomic mass is 10.2. The van der Waals surface area contributed by atoms with Gasteiger partial charge >= 0.3 is 5.97 Å². The summed E-state index contributed by atoms with van der Waals surface area (Å²) in [5.41, 5.74) is 1.29. The smallest absolute Gasteiger partial charge is 0.307 e. The van der Waals surface area contributed by atoms with E-state index in [0.29, 0.717) is 12.1 Å². The average Bonchev–Trinajstić information content (AvgIpc) is 3.06. The van der Waals surface area contributed by atoms with Crippen LogP contribution in [0.5, 0.6) is 0 Å². The molecule has 1 heterocycles. The number of ether oxygens (including phenoxy) is 1. The van der Waals surface area contributed by atoms with Crippen molar-refractivity contribution in [1.82, 2.24) is 25.1 Å². The molecule has 0 N–H and O–H groups in total. The van der Waals surface area contributed by atoms with Gasteiger partial charge in [-0.05, 0) is 34.7 Å². The third-order valence-electron chi connectivity index (χ3n) is 2.95. The van der Waals surface area contributed by atoms with Crippen LogP contribution >= 0.6 is 0 Å². The molecule has 2 aromatic rings. The van der Waals surface area contributed by atoms with Gasteiger partial charge in [0.2, 0.25) is 0 Å². The predicted octanol–water partition coefficient (Wildman–Crippen LogP) is 0.297. The van der Waals surface area contributed by atoms with E-state index < -0.39 is 0 Å². The van der Waals surface area contributed by atoms with Crippen molar-refractivity contribution in [2.45, 2.75) is 6.42 Å². The van der Waals surface area contributed by atoms with Crippen LogP contribution in [-0.2, 0) is 9.53 Å². The largest absolute Gasteiger partial charge is 0.469 e. The number of nitrogens with zero attached hydrogens (tertiary/aromatic N) is 5. The summed E-state index contributed by atoms with van der Waals surface area (Å²) in [5.74, 6) is -0.508. The number of benzene rings is 1. The first-order valence-corrected chi connectivity index (χ1v) is 6.27. The molecule has 1 aromatic heterocycles. The van der Waals surface area contributed by atoms with Crippen molar-refractivity contribution in [1.29, 1.82) is 0 Å². The van der Waals surface area contributed by atoms with E-state index in [1.807, 2.05) is 0 Å². The maximum Gasteiger partial charge on any atom is 0.307 e. The fourth-order valence-electron chi connectivity index (χ4n) is 1.72. The minimum Gasteiger partial charge on any atom is -0.469 e. The summed E-state index contributed by atoms with van der Waals surface area (Å²) in [6.07, 6.45) is 1.64. The number of methoxy groups -OCH3 is 1. The van der Waals surface area contributed by atoms with Gasteiger partial charge in [-0.25, -0.2) is 4.68 Å². The van der Waals surface area contributed by atoms with Crippen molar-refractivity contribution < 1.29 is 14.3 Å². The van der Waals surface area contributed by atoms with Crippen LogP contribution in [-0.4, -0.2) is 57.7 Å². The first-order valence-electron chi connectivity index (χ1n) is 6.27. The number of aromatic nitrogens is 4. The van der Waals surface area contributed by atoms with Crippen LogP contribution in [0.1, 0.15) is 16.8 Å². The molecule has 0 radical (unpaired) electrons. The summed E-state index contributed by atoms with van der Waals surface area (Å²) in [4.78, 5) is 24.7. The number of carbonyl (C=O) groups is 2. The second-order valence-corrected chi connectivity index (χ2v) is 4.35. The molecule has 0 aliphatic carbocycles. The summed E-state index contributed by atoms with van der Waals surface area (Å²) in [5, 5.41) is 10.9. The Bertz CT molecular complexity index is 609. The van der Waals surface area contributed by atoms with E-state index >= 15 is 0 Å². The number of tetrazole rings is 1. The Morgan fingerprint density at radius 2 is 2.00 bits per heavy atom. The molecule has 0 saturated heterocycles. The van der Waals surface area contributed by atoms with E-state index in [1.165, 1.54) is 23.0 Å². The van der Waals surface area contributed by atoms with Gasteiger partial charge in [-0.15, -0.1) is 5.10 Å². The molecule has 110 valence electrons. The zero-order valence-corrected chi connectivity index (χ0v) is 11.8. The quantitative estimate of drug-likeness (QED) is 0.735. The van der Waals surface area contributed by atoms with Gasteiger partial charge in [0, 0.05) is 19.2 Å². The monoisotopic (exact) mass is 289 g/mol. The Hall–Kier alpha value is -2.77. The van der Waals surface area contributed by atoms with E-state index in [0.717, 1.165) is 5.69 Å². The van der Waals surface area contributed by atoms with Crippen molar-refractivity contribution in [3.8, 4) is 5.69 Å². The fourth-order valence-corrected chi connectivity index (χ4v) is 1.72. The second kappa shape index (κ2) is 6.60. The average molecular weight is 289 g/mol. The highest BCUT2D eigenvalue weighted by Crippen LogP contribution is 2.10. The molecule has 0 unspecified atom stereocenters. The van der Waals surface area contributed by atoms with Crippen LogP contribution in [0.15, 0.2) is 30.6 Å². The number of hydrogen-bond acceptors (Lipinski definition) is 6. The zero-order chi connectivity index (χ0) is 15.2. The molecule has 1 aromatic carbocycles. The highest BCUT2D eigenvalue weighted by atomic mass is 16.5. The van der Waals surface area contributed by atoms with Gasteiger partial charge in [0.1, 0.15) is 6.33 Å². The predicted molar refractivity (Wildman–Crippen MR) is 72.7 cm³/mol. The Labute approximate surface area is 121 Å². The molecule has 0 bridgehead atoms. The maximum atomic E-state index is 12.2. The van der Waals surface area contributed by atoms with E-state index in [4.69, 9.17) is 0 Å². The van der Waals surface area contributed by atoms with Crippen molar-refractivity contribution >= 4 is 11.9 Å². The molecular weight excluding hydrogens is 274 g/mol. The van der Waals surface area contributed by atoms with Crippen LogP contribution in [0.3, 0.4) is 0 Å². The summed E-state index contributed by atoms with van der Waals surface area (Å²) in [6.45, 7) is 0.306. The third-order valence-corrected chi connectivity index (χ3v) is 2.95. The Morgan fingerprint density at radius 1 is 1.29 bits per heavy atom. The summed E-state index contributed by atoms with van der Waals surface area (Å²) in [6, 6.07) is 6.87. The van der Waals surface area contributed by atoms with Gasteiger partial charge in [-0.2, -0.15) is 0 Å². The second-order valence-electron chi connectivity index (χ2n) is 4.35. The van der Waals surface area contributed by atoms with Gasteiger partial charge in [0.05, 0.1) is 19.2 Å². The highest BCUT2D eigenvalue weighted by Gasteiger charge is 2.13. The molecule has 8 nitrogen and oxygen atoms in total. The molecular formula is C13H15N5O3. The molecule has 2 rings (SSSR count). The zero-order valence-electron chi connectivity index (χ0n) is 11.8. The maximum absolute atomic E-state index is 12.2. The Kier molecular flexibility index (Phi) is 4.60. The Morgan fingerprint density at radius 3 is 2.57 bits per heavy atom. The van der Waals surface area contributed by atoms with Gasteiger partial charge in [0.15, 0.2) is 0 Å². The summed E-state index contributed by atoms with van der Waals surface area (Å²) in [7, 11) is 2.96. The summed E-state index contributed by atoms with van der Waals surface area (Å²) < 4.78 is 6.04. The normalized spacial score (nSPS) is 10.2. The molecule has 0 saturated carbocycles. The van der Waals surface area contributed by atoms with Crippen LogP contribution in [0.2, 0.25) is 0 Å². The lowest BCUT2D eigenvalue weighted by Crippen LogP contribution is -2.29. The van der Waals surface area contributed by atoms with Crippen LogP contribution in [0, 0.1) is 0 Å². The first-order chi connectivity index (χ1) is 10.1. The molecule has 0 spiro atoms. The number of carbonyl (C=O) groups excluding carboxylic acids is 2. The minimum atomic E-state index is -0.344. The molecule has 21 heavy (non-hydrogen) atoms. The molecule has 8 heteroatoms. The minimum absolute atomic E-state index is 0.165. The van der Waals surface area contributed by atoms with Gasteiger partial charge < -0.3 is 9.64 Å². The van der Waals surface area contributed by atoms with E-state index in [2.05, 4.69) is 20.3 Å². The van der Waals surface area contributed by atoms with Crippen molar-refractivity contribution in [2.75, 3.05) is 20.7 Å². The van der Waals surface area contributed by atoms with Gasteiger partial charge in [-0.1, -0.05) is 0 Å². The molecule has 0 aliphatic heterocycles. The van der Waals surface area contributed by atoms with Crippen molar-refractivity contribution in [2.24, 2.45) is 0 Å². The van der Waals surface area contributed by atoms with E-state index in [9.17, 15) is 9.59 Å². The number of esters is 1. The standard InChI is InChI=1S/C13H15N5O3/c1-17(8-7-12(19)21-2)13(20)10-3-5-11(6-4-10)18-9-14-15-16-18/h3-6,9H,7-8H2,1-2H3. The van der Waals surface area contributed by atoms with Crippen molar-refractivity contribution in [3.63, 3.8) is 0 Å². The van der Waals surface area contributed by atoms with Gasteiger partial charge in [-0.3, -0.25) is 9.59 Å². The molecule has 0 aliphatic rings. The Balaban J connectivity index is 2.01. The van der Waals surface area contributed by atoms with Crippen LogP contribution < -0.4 is 0 Å². The topological polar surface area (TPSA) is 90.2 Å². The van der Waals surface area contributed by atoms with E-state index in [1.54, 1.807) is 31.3 Å². The SMILES string of the molecule is COC(=O)CCN(C)C(=O)c1ccc(-n2cnnn2)cc1. The third kappa shape index (κ3) is 3.62. The lowest BCUT2D eigenvalue weighted by Gasteiger charge is -2.16. The van der Waals surface area contributed by atoms with Crippen molar-refractivity contribution in [3.05, 3.63) is 36.2 Å². The number of amides is 1. The molecule has 1 amide bonds. The highest BCUT2D eigenvalue weighted by molar-refractivity contribution is 5.94. The number of hydrogen-bond donors (Lipinski definition) is 0. The van der Waals surface area contributed by atoms with Gasteiger partial charge in [0.25, 0.3) is 5.91 Å². The van der Waals surface area contributed by atoms with Crippen LogP contribution in [0.25, 0.3) is 5.69 Å². The number of rotatable bonds is 5. The molecule has 0 fully saturated rings. The fraction of sp³-hybridized carbons (Fsp3) is 0.308.